The zero-order valence-electron chi connectivity index (χ0n) is 14.0. The number of aromatic nitrogens is 3. The van der Waals surface area contributed by atoms with Crippen LogP contribution in [0.2, 0.25) is 0 Å². The lowest BCUT2D eigenvalue weighted by Crippen LogP contribution is -2.14. The second kappa shape index (κ2) is 6.45. The van der Waals surface area contributed by atoms with Crippen LogP contribution in [-0.2, 0) is 7.05 Å². The number of methoxy groups -OCH3 is 1. The molecule has 0 aliphatic heterocycles. The molecular weight excluding hydrogens is 324 g/mol. The number of carbonyl (C=O) groups is 1. The lowest BCUT2D eigenvalue weighted by atomic mass is 10.1. The van der Waals surface area contributed by atoms with Crippen molar-refractivity contribution in [1.82, 2.24) is 14.8 Å². The monoisotopic (exact) mass is 342 g/mol. The highest BCUT2D eigenvalue weighted by atomic mass is 32.1. The van der Waals surface area contributed by atoms with Crippen LogP contribution in [0.25, 0.3) is 11.3 Å². The van der Waals surface area contributed by atoms with E-state index >= 15 is 0 Å². The molecule has 0 saturated heterocycles. The van der Waals surface area contributed by atoms with Crippen LogP contribution in [-0.4, -0.2) is 27.8 Å². The quantitative estimate of drug-likeness (QED) is 0.789. The predicted molar refractivity (Wildman–Crippen MR) is 94.7 cm³/mol. The fraction of sp³-hybridized carbons (Fsp3) is 0.235. The van der Waals surface area contributed by atoms with Gasteiger partial charge in [0.1, 0.15) is 5.75 Å². The number of amides is 1. The maximum Gasteiger partial charge on any atom is 0.278 e. The van der Waals surface area contributed by atoms with Crippen LogP contribution in [0.15, 0.2) is 30.5 Å². The molecule has 2 heterocycles. The smallest absolute Gasteiger partial charge is 0.278 e. The molecule has 0 atom stereocenters. The summed E-state index contributed by atoms with van der Waals surface area (Å²) in [5.74, 6) is 0.550. The van der Waals surface area contributed by atoms with Crippen LogP contribution in [0.4, 0.5) is 5.13 Å². The number of thiazole rings is 1. The van der Waals surface area contributed by atoms with Gasteiger partial charge >= 0.3 is 0 Å². The summed E-state index contributed by atoms with van der Waals surface area (Å²) in [5, 5.41) is 7.58. The van der Waals surface area contributed by atoms with Crippen LogP contribution < -0.4 is 10.1 Å². The molecule has 6 nitrogen and oxygen atoms in total. The van der Waals surface area contributed by atoms with Gasteiger partial charge in [-0.1, -0.05) is 0 Å². The molecule has 0 radical (unpaired) electrons. The zero-order valence-corrected chi connectivity index (χ0v) is 14.8. The molecule has 0 spiro atoms. The normalized spacial score (nSPS) is 10.7. The van der Waals surface area contributed by atoms with Crippen molar-refractivity contribution in [2.45, 2.75) is 13.8 Å². The molecule has 0 bridgehead atoms. The minimum absolute atomic E-state index is 0.247. The Balaban J connectivity index is 1.83. The van der Waals surface area contributed by atoms with Crippen molar-refractivity contribution >= 4 is 22.4 Å². The first-order valence-corrected chi connectivity index (χ1v) is 8.23. The van der Waals surface area contributed by atoms with Crippen LogP contribution >= 0.6 is 11.3 Å². The lowest BCUT2D eigenvalue weighted by Gasteiger charge is -2.02. The van der Waals surface area contributed by atoms with E-state index in [0.717, 1.165) is 27.4 Å². The van der Waals surface area contributed by atoms with Gasteiger partial charge in [-0.3, -0.25) is 14.8 Å². The molecule has 0 unspecified atom stereocenters. The van der Waals surface area contributed by atoms with Crippen LogP contribution in [0.3, 0.4) is 0 Å². The fourth-order valence-electron chi connectivity index (χ4n) is 2.45. The number of aryl methyl sites for hydroxylation is 3. The van der Waals surface area contributed by atoms with E-state index in [4.69, 9.17) is 4.74 Å². The number of rotatable bonds is 4. The summed E-state index contributed by atoms with van der Waals surface area (Å²) < 4.78 is 6.80. The zero-order chi connectivity index (χ0) is 17.3. The second-order valence-corrected chi connectivity index (χ2v) is 6.64. The topological polar surface area (TPSA) is 69.0 Å². The Kier molecular flexibility index (Phi) is 4.35. The first kappa shape index (κ1) is 16.2. The van der Waals surface area contributed by atoms with Crippen molar-refractivity contribution in [3.63, 3.8) is 0 Å². The Hall–Kier alpha value is -2.67. The first-order valence-electron chi connectivity index (χ1n) is 7.41. The third-order valence-corrected chi connectivity index (χ3v) is 4.49. The Labute approximate surface area is 144 Å². The summed E-state index contributed by atoms with van der Waals surface area (Å²) in [4.78, 5) is 17.9. The van der Waals surface area contributed by atoms with E-state index in [2.05, 4.69) is 15.4 Å². The van der Waals surface area contributed by atoms with Crippen molar-refractivity contribution in [2.75, 3.05) is 12.4 Å². The minimum Gasteiger partial charge on any atom is -0.497 e. The van der Waals surface area contributed by atoms with Crippen molar-refractivity contribution in [3.8, 4) is 17.0 Å². The molecule has 1 N–H and O–H groups in total. The Morgan fingerprint density at radius 3 is 2.54 bits per heavy atom. The standard InChI is InChI=1S/C17H18N4O2S/c1-10-9-21(3)20-14(10)16(22)19-17-18-15(11(2)24-17)12-5-7-13(23-4)8-6-12/h5-9H,1-4H3,(H,18,19,22). The minimum atomic E-state index is -0.247. The number of nitrogens with zero attached hydrogens (tertiary/aromatic N) is 3. The Bertz CT molecular complexity index is 881. The summed E-state index contributed by atoms with van der Waals surface area (Å²) in [6, 6.07) is 7.69. The second-order valence-electron chi connectivity index (χ2n) is 5.44. The van der Waals surface area contributed by atoms with Crippen molar-refractivity contribution < 1.29 is 9.53 Å². The van der Waals surface area contributed by atoms with E-state index in [1.54, 1.807) is 18.8 Å². The SMILES string of the molecule is COc1ccc(-c2nc(NC(=O)c3nn(C)cc3C)sc2C)cc1. The molecule has 1 aromatic carbocycles. The summed E-state index contributed by atoms with van der Waals surface area (Å²) >= 11 is 1.45. The van der Waals surface area contributed by atoms with Gasteiger partial charge in [0.05, 0.1) is 12.8 Å². The number of benzene rings is 1. The average Bonchev–Trinajstić information content (AvgIpc) is 3.09. The largest absolute Gasteiger partial charge is 0.497 e. The van der Waals surface area contributed by atoms with Gasteiger partial charge in [0.25, 0.3) is 5.91 Å². The molecular formula is C17H18N4O2S. The molecule has 24 heavy (non-hydrogen) atoms. The van der Waals surface area contributed by atoms with Gasteiger partial charge in [-0.25, -0.2) is 4.98 Å². The van der Waals surface area contributed by atoms with Crippen molar-refractivity contribution in [2.24, 2.45) is 7.05 Å². The van der Waals surface area contributed by atoms with Crippen LogP contribution in [0.5, 0.6) is 5.75 Å². The summed E-state index contributed by atoms with van der Waals surface area (Å²) in [7, 11) is 3.43. The average molecular weight is 342 g/mol. The molecule has 7 heteroatoms. The highest BCUT2D eigenvalue weighted by molar-refractivity contribution is 7.16. The van der Waals surface area contributed by atoms with Gasteiger partial charge < -0.3 is 4.74 Å². The summed E-state index contributed by atoms with van der Waals surface area (Å²) in [6.45, 7) is 3.84. The first-order chi connectivity index (χ1) is 11.5. The van der Waals surface area contributed by atoms with Crippen molar-refractivity contribution in [1.29, 1.82) is 0 Å². The molecule has 2 aromatic heterocycles. The molecule has 0 aliphatic carbocycles. The van der Waals surface area contributed by atoms with E-state index < -0.39 is 0 Å². The van der Waals surface area contributed by atoms with E-state index in [-0.39, 0.29) is 5.91 Å². The van der Waals surface area contributed by atoms with Crippen LogP contribution in [0.1, 0.15) is 20.9 Å². The molecule has 0 fully saturated rings. The van der Waals surface area contributed by atoms with Gasteiger partial charge in [-0.05, 0) is 38.1 Å². The van der Waals surface area contributed by atoms with Gasteiger partial charge in [0.15, 0.2) is 10.8 Å². The molecule has 124 valence electrons. The van der Waals surface area contributed by atoms with Crippen LogP contribution in [0, 0.1) is 13.8 Å². The Morgan fingerprint density at radius 2 is 1.96 bits per heavy atom. The molecule has 3 aromatic rings. The maximum absolute atomic E-state index is 12.4. The lowest BCUT2D eigenvalue weighted by molar-refractivity contribution is 0.102. The number of anilines is 1. The number of carbonyl (C=O) groups excluding carboxylic acids is 1. The fourth-order valence-corrected chi connectivity index (χ4v) is 3.29. The Morgan fingerprint density at radius 1 is 1.25 bits per heavy atom. The number of hydrogen-bond donors (Lipinski definition) is 1. The molecule has 0 aliphatic rings. The molecule has 3 rings (SSSR count). The number of ether oxygens (including phenoxy) is 1. The third-order valence-electron chi connectivity index (χ3n) is 3.61. The summed E-state index contributed by atoms with van der Waals surface area (Å²) in [6.07, 6.45) is 1.81. The van der Waals surface area contributed by atoms with E-state index in [1.165, 1.54) is 11.3 Å². The molecule has 1 amide bonds. The molecule has 0 saturated carbocycles. The van der Waals surface area contributed by atoms with E-state index in [1.807, 2.05) is 44.3 Å². The van der Waals surface area contributed by atoms with Gasteiger partial charge in [-0.15, -0.1) is 11.3 Å². The summed E-state index contributed by atoms with van der Waals surface area (Å²) in [5.41, 5.74) is 3.09. The van der Waals surface area contributed by atoms with Gasteiger partial charge in [0.2, 0.25) is 0 Å². The number of nitrogens with one attached hydrogen (secondary N) is 1. The highest BCUT2D eigenvalue weighted by Gasteiger charge is 2.17. The number of hydrogen-bond acceptors (Lipinski definition) is 5. The third kappa shape index (κ3) is 3.16. The van der Waals surface area contributed by atoms with Crippen molar-refractivity contribution in [3.05, 3.63) is 46.6 Å². The van der Waals surface area contributed by atoms with Gasteiger partial charge in [0, 0.05) is 29.2 Å². The van der Waals surface area contributed by atoms with Gasteiger partial charge in [-0.2, -0.15) is 5.10 Å². The highest BCUT2D eigenvalue weighted by Crippen LogP contribution is 2.31. The van der Waals surface area contributed by atoms with E-state index in [0.29, 0.717) is 10.8 Å². The maximum atomic E-state index is 12.4. The van der Waals surface area contributed by atoms with E-state index in [9.17, 15) is 4.79 Å². The predicted octanol–water partition coefficient (Wildman–Crippen LogP) is 3.42.